The summed E-state index contributed by atoms with van der Waals surface area (Å²) in [5.74, 6) is -1.26. The van der Waals surface area contributed by atoms with Crippen LogP contribution >= 0.6 is 0 Å². The molecule has 1 heterocycles. The third kappa shape index (κ3) is 2.71. The minimum absolute atomic E-state index is 0.0408. The molecule has 2 aromatic rings. The first-order valence-corrected chi connectivity index (χ1v) is 7.99. The lowest BCUT2D eigenvalue weighted by Gasteiger charge is -2.17. The highest BCUT2D eigenvalue weighted by Gasteiger charge is 2.25. The summed E-state index contributed by atoms with van der Waals surface area (Å²) in [5, 5.41) is 2.43. The number of hydrogen-bond donors (Lipinski definition) is 2. The van der Waals surface area contributed by atoms with E-state index in [-0.39, 0.29) is 11.3 Å². The van der Waals surface area contributed by atoms with Crippen molar-refractivity contribution in [1.82, 2.24) is 0 Å². The van der Waals surface area contributed by atoms with E-state index in [4.69, 9.17) is 0 Å². The maximum Gasteiger partial charge on any atom is 0.292 e. The highest BCUT2D eigenvalue weighted by molar-refractivity contribution is 7.92. The lowest BCUT2D eigenvalue weighted by Crippen LogP contribution is -2.30. The van der Waals surface area contributed by atoms with Gasteiger partial charge in [0.25, 0.3) is 15.9 Å². The maximum absolute atomic E-state index is 12.3. The molecule has 2 aromatic carbocycles. The molecule has 1 aliphatic heterocycles. The zero-order chi connectivity index (χ0) is 15.7. The van der Waals surface area contributed by atoms with Crippen molar-refractivity contribution < 1.29 is 18.0 Å². The van der Waals surface area contributed by atoms with E-state index in [1.807, 2.05) is 0 Å². The van der Waals surface area contributed by atoms with Gasteiger partial charge in [-0.3, -0.25) is 14.3 Å². The maximum atomic E-state index is 12.3. The van der Waals surface area contributed by atoms with E-state index >= 15 is 0 Å². The number of Topliss-reactive ketones (excluding diaryl/α,β-unsaturated/α-hetero) is 1. The Hall–Kier alpha value is -2.67. The number of sulfonamides is 1. The molecule has 0 aromatic heterocycles. The zero-order valence-electron chi connectivity index (χ0n) is 11.4. The molecular formula is C15H12N2O4S. The van der Waals surface area contributed by atoms with Gasteiger partial charge in [0.1, 0.15) is 0 Å². The van der Waals surface area contributed by atoms with E-state index in [1.54, 1.807) is 30.3 Å². The van der Waals surface area contributed by atoms with Crippen LogP contribution in [0.25, 0.3) is 0 Å². The van der Waals surface area contributed by atoms with Crippen LogP contribution in [0.3, 0.4) is 0 Å². The zero-order valence-corrected chi connectivity index (χ0v) is 12.2. The van der Waals surface area contributed by atoms with E-state index in [2.05, 4.69) is 10.0 Å². The quantitative estimate of drug-likeness (QED) is 0.840. The van der Waals surface area contributed by atoms with Crippen molar-refractivity contribution in [3.63, 3.8) is 0 Å². The van der Waals surface area contributed by atoms with Gasteiger partial charge in [-0.1, -0.05) is 18.2 Å². The van der Waals surface area contributed by atoms with Gasteiger partial charge in [0, 0.05) is 17.8 Å². The van der Waals surface area contributed by atoms with Crippen molar-refractivity contribution in [2.24, 2.45) is 0 Å². The molecule has 7 heteroatoms. The van der Waals surface area contributed by atoms with E-state index in [1.165, 1.54) is 18.2 Å². The van der Waals surface area contributed by atoms with Gasteiger partial charge >= 0.3 is 0 Å². The molecule has 2 N–H and O–H groups in total. The summed E-state index contributed by atoms with van der Waals surface area (Å²) >= 11 is 0. The number of para-hydroxylation sites is 1. The second-order valence-corrected chi connectivity index (χ2v) is 6.53. The molecule has 112 valence electrons. The van der Waals surface area contributed by atoms with Crippen LogP contribution in [-0.4, -0.2) is 20.1 Å². The summed E-state index contributed by atoms with van der Waals surface area (Å²) in [5.41, 5.74) is 1.40. The molecule has 1 amide bonds. The second kappa shape index (κ2) is 5.27. The Labute approximate surface area is 127 Å². The van der Waals surface area contributed by atoms with Crippen molar-refractivity contribution in [3.05, 3.63) is 54.1 Å². The summed E-state index contributed by atoms with van der Waals surface area (Å²) in [7, 11) is -3.75. The molecule has 6 nitrogen and oxygen atoms in total. The normalized spacial score (nSPS) is 14.2. The summed E-state index contributed by atoms with van der Waals surface area (Å²) in [4.78, 5) is 22.8. The number of amides is 1. The van der Waals surface area contributed by atoms with Gasteiger partial charge in [-0.05, 0) is 35.9 Å². The topological polar surface area (TPSA) is 92.3 Å². The average Bonchev–Trinajstić information content (AvgIpc) is 2.48. The molecule has 0 bridgehead atoms. The van der Waals surface area contributed by atoms with E-state index < -0.39 is 21.7 Å². The smallest absolute Gasteiger partial charge is 0.292 e. The van der Waals surface area contributed by atoms with Crippen LogP contribution in [0.4, 0.5) is 11.4 Å². The van der Waals surface area contributed by atoms with Crippen LogP contribution in [0, 0.1) is 0 Å². The molecule has 0 fully saturated rings. The van der Waals surface area contributed by atoms with Gasteiger partial charge in [-0.25, -0.2) is 8.42 Å². The number of carbonyl (C=O) groups excluding carboxylic acids is 2. The average molecular weight is 316 g/mol. The first-order valence-electron chi connectivity index (χ1n) is 6.51. The largest absolute Gasteiger partial charge is 0.319 e. The van der Waals surface area contributed by atoms with Gasteiger partial charge in [-0.2, -0.15) is 0 Å². The predicted molar refractivity (Wildman–Crippen MR) is 81.0 cm³/mol. The van der Waals surface area contributed by atoms with E-state index in [0.717, 1.165) is 0 Å². The fourth-order valence-corrected chi connectivity index (χ4v) is 3.28. The molecule has 0 unspecified atom stereocenters. The first kappa shape index (κ1) is 14.3. The summed E-state index contributed by atoms with van der Waals surface area (Å²) in [6.45, 7) is 0. The molecule has 0 aliphatic carbocycles. The molecular weight excluding hydrogens is 304 g/mol. The van der Waals surface area contributed by atoms with Crippen LogP contribution in [0.2, 0.25) is 0 Å². The van der Waals surface area contributed by atoms with Gasteiger partial charge in [-0.15, -0.1) is 0 Å². The third-order valence-electron chi connectivity index (χ3n) is 3.27. The number of anilines is 2. The Morgan fingerprint density at radius 1 is 1.00 bits per heavy atom. The fraction of sp³-hybridized carbons (Fsp3) is 0.0667. The number of benzene rings is 2. The molecule has 0 saturated carbocycles. The Morgan fingerprint density at radius 3 is 2.45 bits per heavy atom. The number of carbonyl (C=O) groups is 2. The van der Waals surface area contributed by atoms with Crippen LogP contribution in [0.15, 0.2) is 53.4 Å². The van der Waals surface area contributed by atoms with Crippen LogP contribution in [0.5, 0.6) is 0 Å². The lowest BCUT2D eigenvalue weighted by molar-refractivity contribution is -0.134. The van der Waals surface area contributed by atoms with Crippen molar-refractivity contribution in [1.29, 1.82) is 0 Å². The van der Waals surface area contributed by atoms with Crippen molar-refractivity contribution in [3.8, 4) is 0 Å². The molecule has 0 spiro atoms. The van der Waals surface area contributed by atoms with Crippen molar-refractivity contribution in [2.75, 3.05) is 10.0 Å². The number of ketones is 1. The molecule has 0 saturated heterocycles. The van der Waals surface area contributed by atoms with E-state index in [9.17, 15) is 18.0 Å². The highest BCUT2D eigenvalue weighted by Crippen LogP contribution is 2.25. The van der Waals surface area contributed by atoms with E-state index in [0.29, 0.717) is 16.9 Å². The van der Waals surface area contributed by atoms with Crippen LogP contribution in [-0.2, 0) is 26.0 Å². The summed E-state index contributed by atoms with van der Waals surface area (Å²) < 4.78 is 27.2. The number of fused-ring (bicyclic) bond motifs is 1. The SMILES string of the molecule is O=C1Cc2cc(S(=O)(=O)Nc3ccccc3)ccc2NC1=O. The lowest BCUT2D eigenvalue weighted by atomic mass is 10.0. The fourth-order valence-electron chi connectivity index (χ4n) is 2.17. The predicted octanol–water partition coefficient (Wildman–Crippen LogP) is 1.55. The van der Waals surface area contributed by atoms with Gasteiger partial charge < -0.3 is 5.32 Å². The Balaban J connectivity index is 1.94. The molecule has 0 radical (unpaired) electrons. The van der Waals surface area contributed by atoms with Gasteiger partial charge in [0.05, 0.1) is 4.90 Å². The standard InChI is InChI=1S/C15H12N2O4S/c18-14-9-10-8-12(6-7-13(10)16-15(14)19)22(20,21)17-11-4-2-1-3-5-11/h1-8,17H,9H2,(H,16,19). The van der Waals surface area contributed by atoms with Crippen LogP contribution < -0.4 is 10.0 Å². The number of hydrogen-bond acceptors (Lipinski definition) is 4. The molecule has 3 rings (SSSR count). The Bertz CT molecular complexity index is 860. The number of nitrogens with one attached hydrogen (secondary N) is 2. The van der Waals surface area contributed by atoms with Crippen molar-refractivity contribution in [2.45, 2.75) is 11.3 Å². The molecule has 0 atom stereocenters. The van der Waals surface area contributed by atoms with Crippen LogP contribution in [0.1, 0.15) is 5.56 Å². The van der Waals surface area contributed by atoms with Gasteiger partial charge in [0.2, 0.25) is 5.78 Å². The summed E-state index contributed by atoms with van der Waals surface area (Å²) in [6.07, 6.45) is -0.101. The molecule has 1 aliphatic rings. The first-order chi connectivity index (χ1) is 10.5. The van der Waals surface area contributed by atoms with Gasteiger partial charge in [0.15, 0.2) is 0 Å². The van der Waals surface area contributed by atoms with Crippen molar-refractivity contribution >= 4 is 33.1 Å². The minimum Gasteiger partial charge on any atom is -0.319 e. The third-order valence-corrected chi connectivity index (χ3v) is 4.64. The summed E-state index contributed by atoms with van der Waals surface area (Å²) in [6, 6.07) is 12.8. The Morgan fingerprint density at radius 2 is 1.73 bits per heavy atom. The Kier molecular flexibility index (Phi) is 3.42. The minimum atomic E-state index is -3.75. The number of rotatable bonds is 3. The second-order valence-electron chi connectivity index (χ2n) is 4.84. The monoisotopic (exact) mass is 316 g/mol. The molecule has 22 heavy (non-hydrogen) atoms. The highest BCUT2D eigenvalue weighted by atomic mass is 32.2.